The predicted molar refractivity (Wildman–Crippen MR) is 108 cm³/mol. The maximum atomic E-state index is 10.3. The number of carbonyl (C=O) groups excluding carboxylic acids is 1. The van der Waals surface area contributed by atoms with Crippen molar-refractivity contribution in [3.63, 3.8) is 0 Å². The number of anilines is 1. The number of aliphatic hydroxyl groups is 1. The number of hydrogen-bond acceptors (Lipinski definition) is 6. The number of hydrogen-bond donors (Lipinski definition) is 3. The number of allylic oxidation sites excluding steroid dienone is 2. The van der Waals surface area contributed by atoms with Crippen molar-refractivity contribution >= 4 is 23.8 Å². The van der Waals surface area contributed by atoms with Crippen LogP contribution in [-0.4, -0.2) is 43.4 Å². The van der Waals surface area contributed by atoms with Crippen LogP contribution in [0.4, 0.5) is 5.69 Å². The number of fused-ring (bicyclic) bond motifs is 1. The summed E-state index contributed by atoms with van der Waals surface area (Å²) in [6.45, 7) is 9.37. The van der Waals surface area contributed by atoms with E-state index in [0.29, 0.717) is 0 Å². The molecule has 0 saturated heterocycles. The molecular formula is C20H29CoN3O4. The smallest absolute Gasteiger partial charge is 0.315 e. The van der Waals surface area contributed by atoms with Gasteiger partial charge < -0.3 is 24.9 Å². The van der Waals surface area contributed by atoms with Crippen LogP contribution in [0, 0.1) is 10.8 Å². The predicted octanol–water partition coefficient (Wildman–Crippen LogP) is 3.82. The zero-order valence-corrected chi connectivity index (χ0v) is 18.0. The van der Waals surface area contributed by atoms with Crippen LogP contribution < -0.4 is 9.64 Å². The first-order valence-corrected chi connectivity index (χ1v) is 8.82. The Morgan fingerprint density at radius 1 is 1.32 bits per heavy atom. The average molecular weight is 434 g/mol. The molecule has 1 radical (unpaired) electrons. The van der Waals surface area contributed by atoms with Crippen molar-refractivity contribution < 1.29 is 36.2 Å². The number of nitrogens with zero attached hydrogens (tertiary/aromatic N) is 1. The van der Waals surface area contributed by atoms with Gasteiger partial charge >= 0.3 is 5.97 Å². The minimum absolute atomic E-state index is 0. The van der Waals surface area contributed by atoms with Crippen LogP contribution in [0.15, 0.2) is 30.0 Å². The van der Waals surface area contributed by atoms with E-state index in [1.807, 2.05) is 12.1 Å². The summed E-state index contributed by atoms with van der Waals surface area (Å²) in [5.74, 6) is -0.340. The van der Waals surface area contributed by atoms with Crippen LogP contribution in [-0.2, 0) is 31.7 Å². The average Bonchev–Trinajstić information content (AvgIpc) is 2.82. The molecule has 1 aliphatic rings. The van der Waals surface area contributed by atoms with Crippen LogP contribution in [0.2, 0.25) is 0 Å². The molecule has 0 aromatic heterocycles. The fourth-order valence-electron chi connectivity index (χ4n) is 3.05. The van der Waals surface area contributed by atoms with Gasteiger partial charge in [0.25, 0.3) is 0 Å². The van der Waals surface area contributed by atoms with Gasteiger partial charge in [-0.3, -0.25) is 10.2 Å². The van der Waals surface area contributed by atoms with Crippen molar-refractivity contribution in [3.8, 4) is 5.75 Å². The fraction of sp³-hybridized carbons (Fsp3) is 0.450. The quantitative estimate of drug-likeness (QED) is 0.359. The topological polar surface area (TPSA) is 107 Å². The number of rotatable bonds is 6. The van der Waals surface area contributed by atoms with E-state index in [1.54, 1.807) is 14.0 Å². The molecule has 1 heterocycles. The third-order valence-electron chi connectivity index (χ3n) is 4.27. The number of esters is 1. The van der Waals surface area contributed by atoms with Crippen molar-refractivity contribution in [2.75, 3.05) is 25.2 Å². The van der Waals surface area contributed by atoms with E-state index in [0.717, 1.165) is 12.3 Å². The van der Waals surface area contributed by atoms with E-state index in [4.69, 9.17) is 20.7 Å². The van der Waals surface area contributed by atoms with Crippen LogP contribution in [0.5, 0.6) is 5.75 Å². The van der Waals surface area contributed by atoms with Gasteiger partial charge in [-0.25, -0.2) is 0 Å². The molecule has 0 bridgehead atoms. The number of likely N-dealkylation sites (N-methyl/N-ethyl adjacent to an activating group) is 1. The molecule has 0 fully saturated rings. The van der Waals surface area contributed by atoms with Crippen LogP contribution in [0.25, 0.3) is 0 Å². The van der Waals surface area contributed by atoms with Gasteiger partial charge in [0.15, 0.2) is 5.90 Å². The Hall–Kier alpha value is -2.32. The molecule has 0 aliphatic carbocycles. The molecule has 7 nitrogen and oxygen atoms in total. The molecule has 0 atom stereocenters. The Morgan fingerprint density at radius 2 is 1.96 bits per heavy atom. The van der Waals surface area contributed by atoms with Crippen LogP contribution >= 0.6 is 0 Å². The summed E-state index contributed by atoms with van der Waals surface area (Å²) in [7, 11) is 1.69. The van der Waals surface area contributed by atoms with E-state index < -0.39 is 11.9 Å². The molecule has 0 amide bonds. The maximum absolute atomic E-state index is 10.3. The van der Waals surface area contributed by atoms with E-state index >= 15 is 0 Å². The summed E-state index contributed by atoms with van der Waals surface area (Å²) in [6, 6.07) is 6.19. The summed E-state index contributed by atoms with van der Waals surface area (Å²) in [4.78, 5) is 12.6. The van der Waals surface area contributed by atoms with Gasteiger partial charge in [-0.05, 0) is 43.7 Å². The Kier molecular flexibility index (Phi) is 10.5. The first-order chi connectivity index (χ1) is 12.7. The Bertz CT molecular complexity index is 732. The number of aliphatic hydroxyl groups excluding tert-OH is 1. The van der Waals surface area contributed by atoms with Gasteiger partial charge in [-0.15, -0.1) is 0 Å². The molecule has 1 aliphatic heterocycles. The summed E-state index contributed by atoms with van der Waals surface area (Å²) < 4.78 is 9.73. The van der Waals surface area contributed by atoms with Crippen molar-refractivity contribution in [1.82, 2.24) is 0 Å². The SMILES string of the molecule is CCN1/C(=C\C=N)C(C)(C)c2cc(OC)ccc21.CCOC(=O)CC(=N)O.[Co]. The minimum atomic E-state index is -0.659. The van der Waals surface area contributed by atoms with Gasteiger partial charge in [-0.1, -0.05) is 13.8 Å². The van der Waals surface area contributed by atoms with E-state index in [9.17, 15) is 4.79 Å². The molecule has 2 rings (SSSR count). The first-order valence-electron chi connectivity index (χ1n) is 8.82. The summed E-state index contributed by atoms with van der Waals surface area (Å²) in [5, 5.41) is 22.0. The number of benzene rings is 1. The normalized spacial score (nSPS) is 14.9. The molecule has 8 heteroatoms. The van der Waals surface area contributed by atoms with Crippen LogP contribution in [0.1, 0.15) is 39.7 Å². The van der Waals surface area contributed by atoms with Crippen molar-refractivity contribution in [1.29, 1.82) is 10.8 Å². The Balaban J connectivity index is 0.000000627. The number of nitrogens with one attached hydrogen (secondary N) is 2. The molecule has 3 N–H and O–H groups in total. The third kappa shape index (κ3) is 6.10. The molecule has 1 aromatic rings. The van der Waals surface area contributed by atoms with Crippen molar-refractivity contribution in [3.05, 3.63) is 35.5 Å². The standard InChI is InChI=1S/C15H20N2O.C5H9NO3.Co/c1-5-17-13-7-6-11(18-4)10-12(13)15(2,3)14(17)8-9-16;1-2-9-5(8)3-4(6)7;/h6-10,16H,5H2,1-4H3;2-3H2,1H3,(H2,6,7);/b14-8-,16-9?;;. The van der Waals surface area contributed by atoms with Gasteiger partial charge in [0.2, 0.25) is 0 Å². The second-order valence-corrected chi connectivity index (χ2v) is 6.40. The molecular weight excluding hydrogens is 405 g/mol. The minimum Gasteiger partial charge on any atom is -0.497 e. The molecule has 0 spiro atoms. The first kappa shape index (κ1) is 25.7. The molecule has 28 heavy (non-hydrogen) atoms. The monoisotopic (exact) mass is 434 g/mol. The van der Waals surface area contributed by atoms with Crippen LogP contribution in [0.3, 0.4) is 0 Å². The molecule has 1 aromatic carbocycles. The summed E-state index contributed by atoms with van der Waals surface area (Å²) >= 11 is 0. The maximum Gasteiger partial charge on any atom is 0.315 e. The molecule has 0 unspecified atom stereocenters. The zero-order chi connectivity index (χ0) is 20.6. The summed E-state index contributed by atoms with van der Waals surface area (Å²) in [5.41, 5.74) is 3.56. The van der Waals surface area contributed by atoms with Crippen molar-refractivity contribution in [2.24, 2.45) is 0 Å². The third-order valence-corrected chi connectivity index (χ3v) is 4.27. The van der Waals surface area contributed by atoms with Crippen molar-refractivity contribution in [2.45, 2.75) is 39.5 Å². The Labute approximate surface area is 176 Å². The van der Waals surface area contributed by atoms with Gasteiger partial charge in [-0.2, -0.15) is 0 Å². The Morgan fingerprint density at radius 3 is 2.43 bits per heavy atom. The van der Waals surface area contributed by atoms with Gasteiger partial charge in [0, 0.05) is 46.3 Å². The largest absolute Gasteiger partial charge is 0.497 e. The number of carbonyl (C=O) groups is 1. The number of methoxy groups -OCH3 is 1. The molecule has 0 saturated carbocycles. The van der Waals surface area contributed by atoms with Gasteiger partial charge in [0.1, 0.15) is 12.2 Å². The van der Waals surface area contributed by atoms with E-state index in [2.05, 4.69) is 42.5 Å². The van der Waals surface area contributed by atoms with Gasteiger partial charge in [0.05, 0.1) is 13.7 Å². The molecule has 157 valence electrons. The van der Waals surface area contributed by atoms with E-state index in [1.165, 1.54) is 23.2 Å². The summed E-state index contributed by atoms with van der Waals surface area (Å²) in [6.07, 6.45) is 2.92. The van der Waals surface area contributed by atoms with E-state index in [-0.39, 0.29) is 35.2 Å². The second-order valence-electron chi connectivity index (χ2n) is 6.40. The number of ether oxygens (including phenoxy) is 2. The zero-order valence-electron chi connectivity index (χ0n) is 17.0. The second kappa shape index (κ2) is 11.5. The fourth-order valence-corrected chi connectivity index (χ4v) is 3.05.